The number of fused-ring (bicyclic) bond motifs is 1. The van der Waals surface area contributed by atoms with Crippen molar-refractivity contribution in [1.82, 2.24) is 19.9 Å². The molecule has 26 heavy (non-hydrogen) atoms. The number of carbonyl (C=O) groups is 2. The average Bonchev–Trinajstić information content (AvgIpc) is 3.30. The Morgan fingerprint density at radius 3 is 2.85 bits per heavy atom. The predicted octanol–water partition coefficient (Wildman–Crippen LogP) is 0.764. The number of amides is 2. The van der Waals surface area contributed by atoms with Gasteiger partial charge in [0.05, 0.1) is 29.5 Å². The van der Waals surface area contributed by atoms with Crippen LogP contribution in [0.4, 0.5) is 0 Å². The largest absolute Gasteiger partial charge is 0.365 e. The van der Waals surface area contributed by atoms with Crippen molar-refractivity contribution in [1.29, 1.82) is 0 Å². The molecule has 2 amide bonds. The summed E-state index contributed by atoms with van der Waals surface area (Å²) in [6.07, 6.45) is 4.94. The van der Waals surface area contributed by atoms with Gasteiger partial charge in [-0.15, -0.1) is 0 Å². The van der Waals surface area contributed by atoms with Gasteiger partial charge in [-0.25, -0.2) is 4.98 Å². The molecular formula is C18H17N5O3. The van der Waals surface area contributed by atoms with Crippen molar-refractivity contribution in [2.24, 2.45) is 5.73 Å². The van der Waals surface area contributed by atoms with E-state index < -0.39 is 11.5 Å². The van der Waals surface area contributed by atoms with Crippen LogP contribution in [0.25, 0.3) is 11.0 Å². The molecular weight excluding hydrogens is 334 g/mol. The van der Waals surface area contributed by atoms with Crippen LogP contribution < -0.4 is 16.6 Å². The number of rotatable bonds is 5. The Hall–Kier alpha value is -3.42. The second-order valence-corrected chi connectivity index (χ2v) is 6.44. The Morgan fingerprint density at radius 2 is 2.12 bits per heavy atom. The SMILES string of the molecule is NC(=O)c1cc(C(=O)NC2CC2)cn(Cc2ccc3nc[nH]c3c2)c1=O. The normalized spacial score (nSPS) is 13.7. The lowest BCUT2D eigenvalue weighted by molar-refractivity contribution is 0.0950. The van der Waals surface area contributed by atoms with Gasteiger partial charge in [0.1, 0.15) is 5.56 Å². The van der Waals surface area contributed by atoms with Crippen molar-refractivity contribution >= 4 is 22.8 Å². The molecule has 0 saturated heterocycles. The van der Waals surface area contributed by atoms with E-state index in [0.717, 1.165) is 29.4 Å². The van der Waals surface area contributed by atoms with Gasteiger partial charge >= 0.3 is 0 Å². The molecule has 1 aliphatic rings. The highest BCUT2D eigenvalue weighted by atomic mass is 16.2. The molecule has 1 aromatic carbocycles. The van der Waals surface area contributed by atoms with Crippen LogP contribution >= 0.6 is 0 Å². The van der Waals surface area contributed by atoms with Gasteiger partial charge in [0.2, 0.25) is 0 Å². The van der Waals surface area contributed by atoms with Crippen LogP contribution in [0.2, 0.25) is 0 Å². The van der Waals surface area contributed by atoms with Crippen molar-refractivity contribution < 1.29 is 9.59 Å². The molecule has 1 saturated carbocycles. The van der Waals surface area contributed by atoms with E-state index in [1.807, 2.05) is 18.2 Å². The Labute approximate surface area is 148 Å². The van der Waals surface area contributed by atoms with Gasteiger partial charge < -0.3 is 20.6 Å². The van der Waals surface area contributed by atoms with Crippen LogP contribution in [0, 0.1) is 0 Å². The van der Waals surface area contributed by atoms with Crippen molar-refractivity contribution in [3.63, 3.8) is 0 Å². The molecule has 3 aromatic rings. The number of nitrogens with one attached hydrogen (secondary N) is 2. The first kappa shape index (κ1) is 16.1. The molecule has 0 spiro atoms. The van der Waals surface area contributed by atoms with Gasteiger partial charge in [-0.3, -0.25) is 14.4 Å². The second kappa shape index (κ2) is 6.14. The van der Waals surface area contributed by atoms with Gasteiger partial charge in [0.15, 0.2) is 0 Å². The standard InChI is InChI=1S/C18H17N5O3/c19-16(24)13-6-11(17(25)22-12-2-3-12)8-23(18(13)26)7-10-1-4-14-15(5-10)21-9-20-14/h1,4-6,8-9,12H,2-3,7H2,(H2,19,24)(H,20,21)(H,22,25). The minimum Gasteiger partial charge on any atom is -0.365 e. The third kappa shape index (κ3) is 3.08. The van der Waals surface area contributed by atoms with Crippen LogP contribution in [0.5, 0.6) is 0 Å². The van der Waals surface area contributed by atoms with Crippen LogP contribution in [-0.4, -0.2) is 32.4 Å². The van der Waals surface area contributed by atoms with E-state index in [2.05, 4.69) is 15.3 Å². The molecule has 2 heterocycles. The van der Waals surface area contributed by atoms with Crippen LogP contribution in [0.15, 0.2) is 41.6 Å². The number of H-pyrrole nitrogens is 1. The molecule has 132 valence electrons. The molecule has 4 N–H and O–H groups in total. The number of primary amides is 1. The molecule has 2 aromatic heterocycles. The number of aromatic amines is 1. The molecule has 0 radical (unpaired) electrons. The quantitative estimate of drug-likeness (QED) is 0.628. The maximum atomic E-state index is 12.5. The molecule has 4 rings (SSSR count). The van der Waals surface area contributed by atoms with E-state index in [1.54, 1.807) is 6.33 Å². The van der Waals surface area contributed by atoms with E-state index in [1.165, 1.54) is 16.8 Å². The highest BCUT2D eigenvalue weighted by molar-refractivity contribution is 5.98. The first-order valence-corrected chi connectivity index (χ1v) is 8.28. The summed E-state index contributed by atoms with van der Waals surface area (Å²) in [4.78, 5) is 43.7. The topological polar surface area (TPSA) is 123 Å². The summed E-state index contributed by atoms with van der Waals surface area (Å²) >= 11 is 0. The van der Waals surface area contributed by atoms with Crippen molar-refractivity contribution in [2.45, 2.75) is 25.4 Å². The lowest BCUT2D eigenvalue weighted by Crippen LogP contribution is -2.33. The zero-order valence-electron chi connectivity index (χ0n) is 13.9. The van der Waals surface area contributed by atoms with E-state index in [9.17, 15) is 14.4 Å². The number of benzene rings is 1. The van der Waals surface area contributed by atoms with Crippen molar-refractivity contribution in [3.05, 3.63) is 63.8 Å². The molecule has 0 aliphatic heterocycles. The first-order valence-electron chi connectivity index (χ1n) is 8.28. The molecule has 0 bridgehead atoms. The number of nitrogens with zero attached hydrogens (tertiary/aromatic N) is 2. The zero-order valence-corrected chi connectivity index (χ0v) is 13.9. The Morgan fingerprint density at radius 1 is 1.31 bits per heavy atom. The fourth-order valence-corrected chi connectivity index (χ4v) is 2.83. The maximum Gasteiger partial charge on any atom is 0.263 e. The van der Waals surface area contributed by atoms with Gasteiger partial charge in [-0.2, -0.15) is 0 Å². The monoisotopic (exact) mass is 351 g/mol. The second-order valence-electron chi connectivity index (χ2n) is 6.44. The fraction of sp³-hybridized carbons (Fsp3) is 0.222. The van der Waals surface area contributed by atoms with Crippen LogP contribution in [-0.2, 0) is 6.54 Å². The highest BCUT2D eigenvalue weighted by Crippen LogP contribution is 2.19. The summed E-state index contributed by atoms with van der Waals surface area (Å²) in [5.41, 5.74) is 7.33. The smallest absolute Gasteiger partial charge is 0.263 e. The van der Waals surface area contributed by atoms with Gasteiger partial charge in [0.25, 0.3) is 17.4 Å². The van der Waals surface area contributed by atoms with Gasteiger partial charge in [-0.1, -0.05) is 6.07 Å². The summed E-state index contributed by atoms with van der Waals surface area (Å²) in [6, 6.07) is 6.98. The van der Waals surface area contributed by atoms with E-state index in [0.29, 0.717) is 0 Å². The van der Waals surface area contributed by atoms with E-state index >= 15 is 0 Å². The predicted molar refractivity (Wildman–Crippen MR) is 94.9 cm³/mol. The summed E-state index contributed by atoms with van der Waals surface area (Å²) in [5, 5.41) is 2.85. The van der Waals surface area contributed by atoms with Crippen LogP contribution in [0.1, 0.15) is 39.1 Å². The van der Waals surface area contributed by atoms with Crippen molar-refractivity contribution in [3.8, 4) is 0 Å². The summed E-state index contributed by atoms with van der Waals surface area (Å²) in [7, 11) is 0. The molecule has 1 aliphatic carbocycles. The lowest BCUT2D eigenvalue weighted by atomic mass is 10.1. The Kier molecular flexibility index (Phi) is 3.80. The maximum absolute atomic E-state index is 12.5. The number of aromatic nitrogens is 3. The molecule has 0 atom stereocenters. The van der Waals surface area contributed by atoms with Crippen molar-refractivity contribution in [2.75, 3.05) is 0 Å². The van der Waals surface area contributed by atoms with E-state index in [-0.39, 0.29) is 29.6 Å². The minimum atomic E-state index is -0.853. The van der Waals surface area contributed by atoms with Gasteiger partial charge in [-0.05, 0) is 36.6 Å². The number of imidazole rings is 1. The zero-order chi connectivity index (χ0) is 18.3. The highest BCUT2D eigenvalue weighted by Gasteiger charge is 2.25. The molecule has 1 fully saturated rings. The van der Waals surface area contributed by atoms with Crippen LogP contribution in [0.3, 0.4) is 0 Å². The molecule has 0 unspecified atom stereocenters. The summed E-state index contributed by atoms with van der Waals surface area (Å²) in [6.45, 7) is 0.207. The third-order valence-electron chi connectivity index (χ3n) is 4.36. The molecule has 8 nitrogen and oxygen atoms in total. The third-order valence-corrected chi connectivity index (χ3v) is 4.36. The van der Waals surface area contributed by atoms with Gasteiger partial charge in [0, 0.05) is 12.2 Å². The molecule has 8 heteroatoms. The number of hydrogen-bond acceptors (Lipinski definition) is 4. The average molecular weight is 351 g/mol. The number of nitrogens with two attached hydrogens (primary N) is 1. The Balaban J connectivity index is 1.72. The fourth-order valence-electron chi connectivity index (χ4n) is 2.83. The summed E-state index contributed by atoms with van der Waals surface area (Å²) in [5.74, 6) is -1.17. The minimum absolute atomic E-state index is 0.169. The number of carbonyl (C=O) groups excluding carboxylic acids is 2. The summed E-state index contributed by atoms with van der Waals surface area (Å²) < 4.78 is 1.33. The number of hydrogen-bond donors (Lipinski definition) is 3. The Bertz CT molecular complexity index is 1080. The first-order chi connectivity index (χ1) is 12.5. The van der Waals surface area contributed by atoms with E-state index in [4.69, 9.17) is 5.73 Å². The lowest BCUT2D eigenvalue weighted by Gasteiger charge is -2.11. The number of pyridine rings is 1.